The molecule has 0 radical (unpaired) electrons. The fourth-order valence-electron chi connectivity index (χ4n) is 1.52. The highest BCUT2D eigenvalue weighted by atomic mass is 32.1. The number of nitrogens with zero attached hydrogens (tertiary/aromatic N) is 1. The zero-order valence-corrected chi connectivity index (χ0v) is 10.7. The molecule has 0 aliphatic rings. The van der Waals surface area contributed by atoms with E-state index in [0.29, 0.717) is 13.2 Å². The highest BCUT2D eigenvalue weighted by Gasteiger charge is 2.02. The summed E-state index contributed by atoms with van der Waals surface area (Å²) in [6.07, 6.45) is 2.77. The maximum absolute atomic E-state index is 5.68. The number of ether oxygens (including phenoxy) is 1. The van der Waals surface area contributed by atoms with Crippen LogP contribution in [0, 0.1) is 6.92 Å². The number of rotatable bonds is 5. The predicted molar refractivity (Wildman–Crippen MR) is 70.4 cm³/mol. The Labute approximate surface area is 105 Å². The van der Waals surface area contributed by atoms with E-state index in [0.717, 1.165) is 17.2 Å². The van der Waals surface area contributed by atoms with Crippen LogP contribution in [0.25, 0.3) is 0 Å². The normalized spacial score (nSPS) is 10.5. The average molecular weight is 248 g/mol. The molecule has 0 aliphatic heterocycles. The minimum atomic E-state index is 0.526. The number of nitrogens with two attached hydrogens (primary N) is 1. The van der Waals surface area contributed by atoms with E-state index in [1.165, 1.54) is 10.4 Å². The molecule has 0 fully saturated rings. The highest BCUT2D eigenvalue weighted by molar-refractivity contribution is 7.11. The summed E-state index contributed by atoms with van der Waals surface area (Å²) in [6, 6.07) is 8.03. The van der Waals surface area contributed by atoms with Gasteiger partial charge in [-0.25, -0.2) is 4.98 Å². The van der Waals surface area contributed by atoms with Crippen molar-refractivity contribution in [1.82, 2.24) is 4.98 Å². The summed E-state index contributed by atoms with van der Waals surface area (Å²) < 4.78 is 5.68. The number of aromatic nitrogens is 1. The van der Waals surface area contributed by atoms with Crippen LogP contribution in [-0.2, 0) is 13.0 Å². The Morgan fingerprint density at radius 3 is 3.06 bits per heavy atom. The van der Waals surface area contributed by atoms with E-state index in [4.69, 9.17) is 10.5 Å². The minimum Gasteiger partial charge on any atom is -0.486 e. The lowest BCUT2D eigenvalue weighted by Gasteiger charge is -2.04. The van der Waals surface area contributed by atoms with Crippen molar-refractivity contribution in [3.8, 4) is 5.75 Å². The van der Waals surface area contributed by atoms with Crippen LogP contribution < -0.4 is 10.5 Å². The molecule has 0 amide bonds. The third kappa shape index (κ3) is 3.54. The molecular formula is C13H16N2OS. The second-order valence-electron chi connectivity index (χ2n) is 3.86. The van der Waals surface area contributed by atoms with Gasteiger partial charge in [0.05, 0.1) is 0 Å². The van der Waals surface area contributed by atoms with Crippen LogP contribution in [0.1, 0.15) is 15.4 Å². The van der Waals surface area contributed by atoms with Gasteiger partial charge in [-0.05, 0) is 37.6 Å². The van der Waals surface area contributed by atoms with E-state index in [1.54, 1.807) is 11.3 Å². The van der Waals surface area contributed by atoms with Crippen LogP contribution in [0.15, 0.2) is 30.5 Å². The number of thiazole rings is 1. The molecule has 17 heavy (non-hydrogen) atoms. The summed E-state index contributed by atoms with van der Waals surface area (Å²) in [5, 5.41) is 0.995. The van der Waals surface area contributed by atoms with E-state index in [1.807, 2.05) is 24.4 Å². The average Bonchev–Trinajstić information content (AvgIpc) is 2.75. The van der Waals surface area contributed by atoms with Gasteiger partial charge in [-0.3, -0.25) is 0 Å². The monoisotopic (exact) mass is 248 g/mol. The Morgan fingerprint density at radius 1 is 1.41 bits per heavy atom. The largest absolute Gasteiger partial charge is 0.486 e. The van der Waals surface area contributed by atoms with Crippen LogP contribution in [-0.4, -0.2) is 11.5 Å². The van der Waals surface area contributed by atoms with E-state index < -0.39 is 0 Å². The van der Waals surface area contributed by atoms with Gasteiger partial charge in [-0.1, -0.05) is 12.1 Å². The number of hydrogen-bond acceptors (Lipinski definition) is 4. The maximum atomic E-state index is 5.68. The number of hydrogen-bond donors (Lipinski definition) is 1. The zero-order valence-electron chi connectivity index (χ0n) is 9.85. The molecule has 1 aromatic heterocycles. The second-order valence-corrected chi connectivity index (χ2v) is 5.06. The van der Waals surface area contributed by atoms with Gasteiger partial charge in [-0.15, -0.1) is 11.3 Å². The van der Waals surface area contributed by atoms with Crippen LogP contribution >= 0.6 is 11.3 Å². The molecule has 1 aromatic carbocycles. The Kier molecular flexibility index (Phi) is 4.12. The topological polar surface area (TPSA) is 48.1 Å². The fraction of sp³-hybridized carbons (Fsp3) is 0.308. The molecule has 2 rings (SSSR count). The SMILES string of the molecule is Cc1cccc(OCc2ncc(CCN)s2)c1. The third-order valence-corrected chi connectivity index (χ3v) is 3.37. The molecule has 0 saturated heterocycles. The maximum Gasteiger partial charge on any atom is 0.140 e. The molecule has 0 saturated carbocycles. The Bertz CT molecular complexity index is 482. The lowest BCUT2D eigenvalue weighted by atomic mass is 10.2. The molecule has 0 atom stereocenters. The molecule has 2 N–H and O–H groups in total. The summed E-state index contributed by atoms with van der Waals surface area (Å²) in [7, 11) is 0. The first-order valence-electron chi connectivity index (χ1n) is 5.61. The van der Waals surface area contributed by atoms with Crippen LogP contribution in [0.3, 0.4) is 0 Å². The Morgan fingerprint density at radius 2 is 2.29 bits per heavy atom. The molecular weight excluding hydrogens is 232 g/mol. The van der Waals surface area contributed by atoms with Crippen molar-refractivity contribution in [2.75, 3.05) is 6.54 Å². The molecule has 90 valence electrons. The molecule has 3 nitrogen and oxygen atoms in total. The van der Waals surface area contributed by atoms with Gasteiger partial charge < -0.3 is 10.5 Å². The van der Waals surface area contributed by atoms with E-state index in [-0.39, 0.29) is 0 Å². The second kappa shape index (κ2) is 5.80. The highest BCUT2D eigenvalue weighted by Crippen LogP contribution is 2.17. The van der Waals surface area contributed by atoms with Crippen molar-refractivity contribution in [3.05, 3.63) is 45.9 Å². The van der Waals surface area contributed by atoms with Crippen LogP contribution in [0.4, 0.5) is 0 Å². The van der Waals surface area contributed by atoms with Crippen molar-refractivity contribution in [2.24, 2.45) is 5.73 Å². The van der Waals surface area contributed by atoms with Gasteiger partial charge in [-0.2, -0.15) is 0 Å². The van der Waals surface area contributed by atoms with Crippen molar-refractivity contribution in [3.63, 3.8) is 0 Å². The van der Waals surface area contributed by atoms with Crippen LogP contribution in [0.5, 0.6) is 5.75 Å². The quantitative estimate of drug-likeness (QED) is 0.884. The standard InChI is InChI=1S/C13H16N2OS/c1-10-3-2-4-11(7-10)16-9-13-15-8-12(17-13)5-6-14/h2-4,7-8H,5-6,9,14H2,1H3. The van der Waals surface area contributed by atoms with Gasteiger partial charge in [0.1, 0.15) is 17.4 Å². The molecule has 0 spiro atoms. The van der Waals surface area contributed by atoms with Crippen molar-refractivity contribution in [2.45, 2.75) is 20.0 Å². The summed E-state index contributed by atoms with van der Waals surface area (Å²) in [5.74, 6) is 0.889. The first kappa shape index (κ1) is 12.1. The molecule has 2 aromatic rings. The molecule has 0 aliphatic carbocycles. The lowest BCUT2D eigenvalue weighted by Crippen LogP contribution is -2.00. The van der Waals surface area contributed by atoms with Crippen molar-refractivity contribution < 1.29 is 4.74 Å². The third-order valence-electron chi connectivity index (χ3n) is 2.34. The van der Waals surface area contributed by atoms with E-state index in [2.05, 4.69) is 18.0 Å². The van der Waals surface area contributed by atoms with Gasteiger partial charge in [0.15, 0.2) is 0 Å². The number of aryl methyl sites for hydroxylation is 1. The van der Waals surface area contributed by atoms with E-state index in [9.17, 15) is 0 Å². The van der Waals surface area contributed by atoms with Gasteiger partial charge in [0.25, 0.3) is 0 Å². The zero-order chi connectivity index (χ0) is 12.1. The van der Waals surface area contributed by atoms with Crippen LogP contribution in [0.2, 0.25) is 0 Å². The molecule has 0 unspecified atom stereocenters. The number of benzene rings is 1. The summed E-state index contributed by atoms with van der Waals surface area (Å²) in [6.45, 7) is 3.24. The first-order chi connectivity index (χ1) is 8.28. The molecule has 0 bridgehead atoms. The Hall–Kier alpha value is -1.39. The first-order valence-corrected chi connectivity index (χ1v) is 6.42. The summed E-state index contributed by atoms with van der Waals surface area (Å²) >= 11 is 1.66. The van der Waals surface area contributed by atoms with Gasteiger partial charge in [0, 0.05) is 11.1 Å². The lowest BCUT2D eigenvalue weighted by molar-refractivity contribution is 0.305. The van der Waals surface area contributed by atoms with E-state index >= 15 is 0 Å². The Balaban J connectivity index is 1.93. The minimum absolute atomic E-state index is 0.526. The molecule has 4 heteroatoms. The summed E-state index contributed by atoms with van der Waals surface area (Å²) in [5.41, 5.74) is 6.70. The van der Waals surface area contributed by atoms with Gasteiger partial charge >= 0.3 is 0 Å². The van der Waals surface area contributed by atoms with Crippen molar-refractivity contribution in [1.29, 1.82) is 0 Å². The summed E-state index contributed by atoms with van der Waals surface area (Å²) in [4.78, 5) is 5.53. The van der Waals surface area contributed by atoms with Crippen molar-refractivity contribution >= 4 is 11.3 Å². The predicted octanol–water partition coefficient (Wildman–Crippen LogP) is 2.53. The van der Waals surface area contributed by atoms with Gasteiger partial charge in [0.2, 0.25) is 0 Å². The smallest absolute Gasteiger partial charge is 0.140 e. The fourth-order valence-corrected chi connectivity index (χ4v) is 2.37. The molecule has 1 heterocycles.